The molecule has 1 atom stereocenters. The highest BCUT2D eigenvalue weighted by atomic mass is 35.5. The number of likely N-dealkylation sites (tertiary alicyclic amines) is 1. The lowest BCUT2D eigenvalue weighted by molar-refractivity contribution is -0.135. The van der Waals surface area contributed by atoms with Crippen molar-refractivity contribution in [3.8, 4) is 5.75 Å². The molecule has 0 spiro atoms. The minimum atomic E-state index is -3.71. The second kappa shape index (κ2) is 8.38. The highest BCUT2D eigenvalue weighted by Gasteiger charge is 2.28. The fourth-order valence-corrected chi connectivity index (χ4v) is 4.29. The molecule has 140 valence electrons. The number of sulfonamides is 1. The molecule has 25 heavy (non-hydrogen) atoms. The number of piperidine rings is 1. The molecule has 1 aliphatic heterocycles. The van der Waals surface area contributed by atoms with Crippen LogP contribution in [0.3, 0.4) is 0 Å². The topological polar surface area (TPSA) is 75.7 Å². The van der Waals surface area contributed by atoms with E-state index in [1.165, 1.54) is 18.2 Å². The Balaban J connectivity index is 2.13. The normalized spacial score (nSPS) is 18.4. The molecule has 1 N–H and O–H groups in total. The summed E-state index contributed by atoms with van der Waals surface area (Å²) >= 11 is 6.02. The quantitative estimate of drug-likeness (QED) is 0.812. The van der Waals surface area contributed by atoms with Crippen molar-refractivity contribution in [2.45, 2.75) is 44.6 Å². The predicted molar refractivity (Wildman–Crippen MR) is 97.4 cm³/mol. The standard InChI is InChI=1S/C17H25ClN2O4S/c1-4-24-16-10-14(7-8-15(16)18)25(22,23)19-13-6-5-9-20(11-13)17(21)12(2)3/h7-8,10,12-13,19H,4-6,9,11H2,1-3H3. The van der Waals surface area contributed by atoms with Gasteiger partial charge in [0.1, 0.15) is 5.75 Å². The smallest absolute Gasteiger partial charge is 0.241 e. The molecule has 0 radical (unpaired) electrons. The summed E-state index contributed by atoms with van der Waals surface area (Å²) < 4.78 is 33.4. The Morgan fingerprint density at radius 2 is 2.16 bits per heavy atom. The van der Waals surface area contributed by atoms with Crippen LogP contribution in [0.25, 0.3) is 0 Å². The molecule has 8 heteroatoms. The molecule has 1 heterocycles. The maximum atomic E-state index is 12.7. The third-order valence-electron chi connectivity index (χ3n) is 4.06. The average molecular weight is 389 g/mol. The molecule has 0 bridgehead atoms. The zero-order valence-electron chi connectivity index (χ0n) is 14.8. The minimum Gasteiger partial charge on any atom is -0.492 e. The summed E-state index contributed by atoms with van der Waals surface area (Å²) in [6.07, 6.45) is 1.48. The molecular formula is C17H25ClN2O4S. The summed E-state index contributed by atoms with van der Waals surface area (Å²) in [6.45, 7) is 6.95. The second-order valence-electron chi connectivity index (χ2n) is 6.42. The van der Waals surface area contributed by atoms with Gasteiger partial charge in [-0.15, -0.1) is 0 Å². The lowest BCUT2D eigenvalue weighted by Gasteiger charge is -2.34. The first-order valence-electron chi connectivity index (χ1n) is 8.48. The van der Waals surface area contributed by atoms with Crippen molar-refractivity contribution in [2.75, 3.05) is 19.7 Å². The molecule has 6 nitrogen and oxygen atoms in total. The molecule has 1 fully saturated rings. The highest BCUT2D eigenvalue weighted by Crippen LogP contribution is 2.28. The van der Waals surface area contributed by atoms with Crippen LogP contribution in [0.4, 0.5) is 0 Å². The third kappa shape index (κ3) is 5.09. The van der Waals surface area contributed by atoms with Gasteiger partial charge in [0.15, 0.2) is 0 Å². The van der Waals surface area contributed by atoms with Gasteiger partial charge in [-0.25, -0.2) is 13.1 Å². The van der Waals surface area contributed by atoms with Crippen molar-refractivity contribution >= 4 is 27.5 Å². The monoisotopic (exact) mass is 388 g/mol. The van der Waals surface area contributed by atoms with Gasteiger partial charge in [0.2, 0.25) is 15.9 Å². The molecule has 0 aliphatic carbocycles. The highest BCUT2D eigenvalue weighted by molar-refractivity contribution is 7.89. The molecule has 0 aromatic heterocycles. The van der Waals surface area contributed by atoms with Crippen molar-refractivity contribution in [1.82, 2.24) is 9.62 Å². The minimum absolute atomic E-state index is 0.0500. The van der Waals surface area contributed by atoms with Crippen molar-refractivity contribution in [1.29, 1.82) is 0 Å². The number of nitrogens with zero attached hydrogens (tertiary/aromatic N) is 1. The number of carbonyl (C=O) groups excluding carboxylic acids is 1. The Labute approximate surface area is 154 Å². The van der Waals surface area contributed by atoms with E-state index in [9.17, 15) is 13.2 Å². The van der Waals surface area contributed by atoms with Gasteiger partial charge < -0.3 is 9.64 Å². The van der Waals surface area contributed by atoms with Gasteiger partial charge in [0.05, 0.1) is 16.5 Å². The van der Waals surface area contributed by atoms with Crippen LogP contribution in [0.2, 0.25) is 5.02 Å². The second-order valence-corrected chi connectivity index (χ2v) is 8.55. The first-order valence-corrected chi connectivity index (χ1v) is 10.3. The van der Waals surface area contributed by atoms with Gasteiger partial charge in [-0.1, -0.05) is 25.4 Å². The van der Waals surface area contributed by atoms with Crippen LogP contribution < -0.4 is 9.46 Å². The number of ether oxygens (including phenoxy) is 1. The number of rotatable bonds is 6. The fraction of sp³-hybridized carbons (Fsp3) is 0.588. The Bertz CT molecular complexity index is 721. The number of hydrogen-bond acceptors (Lipinski definition) is 4. The van der Waals surface area contributed by atoms with Crippen LogP contribution in [0.1, 0.15) is 33.6 Å². The summed E-state index contributed by atoms with van der Waals surface area (Å²) in [7, 11) is -3.71. The Morgan fingerprint density at radius 3 is 2.80 bits per heavy atom. The van der Waals surface area contributed by atoms with Crippen LogP contribution in [0, 0.1) is 5.92 Å². The zero-order chi connectivity index (χ0) is 18.6. The summed E-state index contributed by atoms with van der Waals surface area (Å²) in [5.41, 5.74) is 0. The van der Waals surface area contributed by atoms with E-state index in [4.69, 9.17) is 16.3 Å². The number of amides is 1. The van der Waals surface area contributed by atoms with E-state index in [1.54, 1.807) is 11.8 Å². The van der Waals surface area contributed by atoms with Crippen LogP contribution >= 0.6 is 11.6 Å². The molecule has 1 aliphatic rings. The van der Waals surface area contributed by atoms with Gasteiger partial charge in [-0.3, -0.25) is 4.79 Å². The van der Waals surface area contributed by atoms with E-state index in [0.717, 1.165) is 6.42 Å². The zero-order valence-corrected chi connectivity index (χ0v) is 16.4. The molecule has 1 amide bonds. The first-order chi connectivity index (χ1) is 11.7. The molecule has 1 unspecified atom stereocenters. The Morgan fingerprint density at radius 1 is 1.44 bits per heavy atom. The SMILES string of the molecule is CCOc1cc(S(=O)(=O)NC2CCCN(C(=O)C(C)C)C2)ccc1Cl. The van der Waals surface area contributed by atoms with Crippen molar-refractivity contribution in [3.05, 3.63) is 23.2 Å². The number of benzene rings is 1. The van der Waals surface area contributed by atoms with Crippen LogP contribution in [-0.2, 0) is 14.8 Å². The summed E-state index contributed by atoms with van der Waals surface area (Å²) in [5.74, 6) is 0.293. The lowest BCUT2D eigenvalue weighted by atomic mass is 10.0. The van der Waals surface area contributed by atoms with E-state index in [0.29, 0.717) is 36.9 Å². The average Bonchev–Trinajstić information content (AvgIpc) is 2.56. The lowest BCUT2D eigenvalue weighted by Crippen LogP contribution is -2.50. The van der Waals surface area contributed by atoms with Gasteiger partial charge in [-0.2, -0.15) is 0 Å². The van der Waals surface area contributed by atoms with E-state index < -0.39 is 10.0 Å². The predicted octanol–water partition coefficient (Wildman–Crippen LogP) is 2.66. The summed E-state index contributed by atoms with van der Waals surface area (Å²) in [4.78, 5) is 14.0. The first kappa shape index (κ1) is 20.0. The molecular weight excluding hydrogens is 364 g/mol. The Hall–Kier alpha value is -1.31. The third-order valence-corrected chi connectivity index (χ3v) is 5.89. The van der Waals surface area contributed by atoms with Crippen molar-refractivity contribution in [3.63, 3.8) is 0 Å². The number of hydrogen-bond donors (Lipinski definition) is 1. The molecule has 0 saturated carbocycles. The van der Waals surface area contributed by atoms with E-state index in [-0.39, 0.29) is 22.8 Å². The van der Waals surface area contributed by atoms with Crippen LogP contribution in [-0.4, -0.2) is 45.0 Å². The van der Waals surface area contributed by atoms with Gasteiger partial charge in [0.25, 0.3) is 0 Å². The van der Waals surface area contributed by atoms with E-state index >= 15 is 0 Å². The van der Waals surface area contributed by atoms with E-state index in [1.807, 2.05) is 13.8 Å². The van der Waals surface area contributed by atoms with Crippen LogP contribution in [0.5, 0.6) is 5.75 Å². The number of nitrogens with one attached hydrogen (secondary N) is 1. The van der Waals surface area contributed by atoms with Gasteiger partial charge in [-0.05, 0) is 31.9 Å². The van der Waals surface area contributed by atoms with Gasteiger partial charge in [0, 0.05) is 31.1 Å². The van der Waals surface area contributed by atoms with Crippen molar-refractivity contribution < 1.29 is 17.9 Å². The Kier molecular flexibility index (Phi) is 6.71. The van der Waals surface area contributed by atoms with E-state index in [2.05, 4.69) is 4.72 Å². The van der Waals surface area contributed by atoms with Crippen molar-refractivity contribution in [2.24, 2.45) is 5.92 Å². The number of halogens is 1. The molecule has 1 aromatic rings. The fourth-order valence-electron chi connectivity index (χ4n) is 2.84. The summed E-state index contributed by atoms with van der Waals surface area (Å²) in [5, 5.41) is 0.368. The van der Waals surface area contributed by atoms with Crippen LogP contribution in [0.15, 0.2) is 23.1 Å². The largest absolute Gasteiger partial charge is 0.492 e. The maximum Gasteiger partial charge on any atom is 0.241 e. The molecule has 1 aromatic carbocycles. The molecule has 1 saturated heterocycles. The maximum absolute atomic E-state index is 12.7. The number of carbonyl (C=O) groups is 1. The molecule has 2 rings (SSSR count). The van der Waals surface area contributed by atoms with Gasteiger partial charge >= 0.3 is 0 Å². The summed E-state index contributed by atoms with van der Waals surface area (Å²) in [6, 6.07) is 4.09.